The van der Waals surface area contributed by atoms with E-state index in [1.807, 2.05) is 32.0 Å². The monoisotopic (exact) mass is 920 g/mol. The Balaban J connectivity index is 1.09. The van der Waals surface area contributed by atoms with Crippen molar-refractivity contribution in [2.45, 2.75) is 33.1 Å². The van der Waals surface area contributed by atoms with Gasteiger partial charge in [-0.1, -0.05) is 19.1 Å². The van der Waals surface area contributed by atoms with E-state index in [-0.39, 0.29) is 37.7 Å². The molecule has 0 saturated heterocycles. The van der Waals surface area contributed by atoms with Crippen LogP contribution in [-0.2, 0) is 61.8 Å². The minimum Gasteiger partial charge on any atom is -0.481 e. The molecule has 0 aliphatic carbocycles. The van der Waals surface area contributed by atoms with E-state index < -0.39 is 11.9 Å². The first-order valence-corrected chi connectivity index (χ1v) is 22.0. The molecule has 21 nitrogen and oxygen atoms in total. The second-order valence-electron chi connectivity index (χ2n) is 13.9. The second kappa shape index (κ2) is 35.7. The number of nitrogens with zero attached hydrogens (tertiary/aromatic N) is 4. The Hall–Kier alpha value is -4.52. The highest BCUT2D eigenvalue weighted by Crippen LogP contribution is 2.31. The first-order valence-electron chi connectivity index (χ1n) is 22.0. The van der Waals surface area contributed by atoms with Gasteiger partial charge < -0.3 is 63.5 Å². The Bertz CT molecular complexity index is 1680. The molecule has 4 N–H and O–H groups in total. The fourth-order valence-corrected chi connectivity index (χ4v) is 5.60. The average molecular weight is 921 g/mol. The molecular weight excluding hydrogens is 853 g/mol. The van der Waals surface area contributed by atoms with Crippen molar-refractivity contribution in [3.8, 4) is 11.1 Å². The molecule has 0 radical (unpaired) electrons. The van der Waals surface area contributed by atoms with Gasteiger partial charge in [-0.25, -0.2) is 20.0 Å². The first-order chi connectivity index (χ1) is 31.8. The van der Waals surface area contributed by atoms with E-state index in [1.165, 1.54) is 5.06 Å². The number of benzene rings is 1. The Morgan fingerprint density at radius 1 is 0.662 bits per heavy atom. The summed E-state index contributed by atoms with van der Waals surface area (Å²) in [7, 11) is 0. The molecule has 2 amide bonds. The second-order valence-corrected chi connectivity index (χ2v) is 13.9. The molecule has 65 heavy (non-hydrogen) atoms. The van der Waals surface area contributed by atoms with E-state index in [9.17, 15) is 14.4 Å². The van der Waals surface area contributed by atoms with E-state index in [2.05, 4.69) is 20.3 Å². The number of aliphatic imine (C=N–C) groups is 1. The normalized spacial score (nSPS) is 12.3. The number of rotatable bonds is 40. The number of nitrogens with two attached hydrogens (primary N) is 1. The number of aliphatic carboxylic acids is 1. The van der Waals surface area contributed by atoms with Crippen molar-refractivity contribution >= 4 is 35.4 Å². The minimum absolute atomic E-state index is 0.0141. The molecule has 1 aromatic heterocycles. The Morgan fingerprint density at radius 2 is 1.12 bits per heavy atom. The van der Waals surface area contributed by atoms with Crippen LogP contribution in [0.4, 0.5) is 5.69 Å². The molecule has 0 atom stereocenters. The molecule has 1 aromatic carbocycles. The highest BCUT2D eigenvalue weighted by Gasteiger charge is 2.22. The number of carboxylic acids is 1. The van der Waals surface area contributed by atoms with Gasteiger partial charge in [-0.15, -0.1) is 0 Å². The summed E-state index contributed by atoms with van der Waals surface area (Å²) in [5.41, 5.74) is 9.53. The third-order valence-corrected chi connectivity index (χ3v) is 8.74. The molecule has 0 bridgehead atoms. The Morgan fingerprint density at radius 3 is 1.57 bits per heavy atom. The number of carbonyl (C=O) groups excluding carboxylic acids is 2. The summed E-state index contributed by atoms with van der Waals surface area (Å²) < 4.78 is 54.3. The van der Waals surface area contributed by atoms with Crippen LogP contribution in [0.15, 0.2) is 41.2 Å². The predicted octanol–water partition coefficient (Wildman–Crippen LogP) is 2.48. The van der Waals surface area contributed by atoms with Crippen molar-refractivity contribution in [2.75, 3.05) is 152 Å². The van der Waals surface area contributed by atoms with Crippen molar-refractivity contribution in [3.63, 3.8) is 0 Å². The number of hydrogen-bond acceptors (Lipinski definition) is 18. The number of carbonyl (C=O) groups is 3. The van der Waals surface area contributed by atoms with Crippen LogP contribution < -0.4 is 11.1 Å². The number of hydrogen-bond donors (Lipinski definition) is 3. The highest BCUT2D eigenvalue weighted by atomic mass is 16.7. The topological polar surface area (TPSA) is 252 Å². The number of amides is 2. The Labute approximate surface area is 381 Å². The van der Waals surface area contributed by atoms with Gasteiger partial charge >= 0.3 is 5.97 Å². The van der Waals surface area contributed by atoms with Crippen LogP contribution in [0.3, 0.4) is 0 Å². The van der Waals surface area contributed by atoms with Crippen molar-refractivity contribution in [2.24, 2.45) is 10.7 Å². The molecule has 364 valence electrons. The zero-order chi connectivity index (χ0) is 46.6. The number of hydroxylamine groups is 2. The zero-order valence-corrected chi connectivity index (χ0v) is 37.9. The number of ether oxygens (including phenoxy) is 10. The number of nitrogens with one attached hydrogen (secondary N) is 1. The molecule has 0 fully saturated rings. The maximum absolute atomic E-state index is 13.2. The maximum atomic E-state index is 13.2. The lowest BCUT2D eigenvalue weighted by Gasteiger charge is -2.21. The number of aromatic nitrogens is 2. The number of fused-ring (bicyclic) bond motifs is 1. The number of amidine groups is 1. The largest absolute Gasteiger partial charge is 0.481 e. The molecule has 3 rings (SSSR count). The van der Waals surface area contributed by atoms with Gasteiger partial charge in [-0.2, -0.15) is 0 Å². The zero-order valence-electron chi connectivity index (χ0n) is 37.9. The molecule has 0 saturated carbocycles. The van der Waals surface area contributed by atoms with Gasteiger partial charge in [0.2, 0.25) is 5.82 Å². The smallest absolute Gasteiger partial charge is 0.305 e. The van der Waals surface area contributed by atoms with Crippen LogP contribution in [0.1, 0.15) is 49.3 Å². The van der Waals surface area contributed by atoms with Crippen molar-refractivity contribution in [1.82, 2.24) is 20.3 Å². The summed E-state index contributed by atoms with van der Waals surface area (Å²) in [6.45, 7) is 13.2. The van der Waals surface area contributed by atoms with Gasteiger partial charge in [-0.05, 0) is 31.1 Å². The van der Waals surface area contributed by atoms with E-state index in [4.69, 9.17) is 63.0 Å². The van der Waals surface area contributed by atoms with Crippen LogP contribution in [-0.4, -0.2) is 196 Å². The van der Waals surface area contributed by atoms with Gasteiger partial charge in [0.1, 0.15) is 5.84 Å². The predicted molar refractivity (Wildman–Crippen MR) is 238 cm³/mol. The molecule has 21 heteroatoms. The van der Waals surface area contributed by atoms with Gasteiger partial charge in [0, 0.05) is 48.6 Å². The molecule has 0 spiro atoms. The summed E-state index contributed by atoms with van der Waals surface area (Å²) >= 11 is 0. The summed E-state index contributed by atoms with van der Waals surface area (Å²) in [4.78, 5) is 54.7. The lowest BCUT2D eigenvalue weighted by molar-refractivity contribution is -0.180. The quantitative estimate of drug-likeness (QED) is 0.0641. The lowest BCUT2D eigenvalue weighted by Crippen LogP contribution is -2.34. The summed E-state index contributed by atoms with van der Waals surface area (Å²) in [5, 5.41) is 12.6. The number of carboxylic acid groups (broad SMARTS) is 1. The summed E-state index contributed by atoms with van der Waals surface area (Å²) in [6.07, 6.45) is 5.88. The van der Waals surface area contributed by atoms with Gasteiger partial charge in [0.15, 0.2) is 0 Å². The van der Waals surface area contributed by atoms with Crippen molar-refractivity contribution in [1.29, 1.82) is 0 Å². The average Bonchev–Trinajstić information content (AvgIpc) is 3.47. The van der Waals surface area contributed by atoms with Crippen molar-refractivity contribution < 1.29 is 71.7 Å². The van der Waals surface area contributed by atoms with Gasteiger partial charge in [0.25, 0.3) is 11.8 Å². The molecular formula is C44H68N6O15. The van der Waals surface area contributed by atoms with E-state index in [0.29, 0.717) is 161 Å². The SMILES string of the molecule is CCCN(OCC)C(=O)C1=Cc2ccc(-c3cnc(C(=O)NCCOCCOCCOCCOCCOCCOCCOCCOCCOCCOCCC(=O)O)nc3)cc2N=C(N)C1. The summed E-state index contributed by atoms with van der Waals surface area (Å²) in [6, 6.07) is 5.59. The van der Waals surface area contributed by atoms with Crippen LogP contribution in [0.25, 0.3) is 17.2 Å². The molecule has 0 unspecified atom stereocenters. The molecule has 1 aliphatic rings. The first kappa shape index (κ1) is 54.8. The van der Waals surface area contributed by atoms with E-state index in [0.717, 1.165) is 17.5 Å². The Kier molecular flexibility index (Phi) is 30.1. The standard InChI is InChI=1S/C44H68N6O15/c1-3-9-50(65-4-2)44(54)37-30-36-6-5-35(31-39(36)49-40(45)32-37)38-33-47-42(48-34-38)43(53)46-8-11-56-13-15-58-17-19-60-21-23-62-25-27-64-29-28-63-26-24-61-22-20-59-18-16-57-14-12-55-10-7-41(51)52/h5-6,30-31,33-34H,3-4,7-29,32H2,1-2H3,(H2,45,49)(H,46,53)(H,51,52). The van der Waals surface area contributed by atoms with Crippen LogP contribution in [0, 0.1) is 0 Å². The summed E-state index contributed by atoms with van der Waals surface area (Å²) in [5.74, 6) is -1.20. The fraction of sp³-hybridized carbons (Fsp3) is 0.636. The fourth-order valence-electron chi connectivity index (χ4n) is 5.60. The third-order valence-electron chi connectivity index (χ3n) is 8.74. The molecule has 2 aromatic rings. The maximum Gasteiger partial charge on any atom is 0.305 e. The van der Waals surface area contributed by atoms with Crippen LogP contribution >= 0.6 is 0 Å². The van der Waals surface area contributed by atoms with Gasteiger partial charge in [0.05, 0.1) is 151 Å². The lowest BCUT2D eigenvalue weighted by atomic mass is 10.0. The molecule has 1 aliphatic heterocycles. The molecule has 2 heterocycles. The van der Waals surface area contributed by atoms with Crippen LogP contribution in [0.2, 0.25) is 0 Å². The van der Waals surface area contributed by atoms with E-state index in [1.54, 1.807) is 18.5 Å². The van der Waals surface area contributed by atoms with E-state index >= 15 is 0 Å². The van der Waals surface area contributed by atoms with Gasteiger partial charge in [-0.3, -0.25) is 19.2 Å². The van der Waals surface area contributed by atoms with Crippen LogP contribution in [0.5, 0.6) is 0 Å². The minimum atomic E-state index is -0.884. The third kappa shape index (κ3) is 25.1. The highest BCUT2D eigenvalue weighted by molar-refractivity contribution is 6.05. The van der Waals surface area contributed by atoms with Crippen molar-refractivity contribution in [3.05, 3.63) is 47.6 Å².